The third-order valence-electron chi connectivity index (χ3n) is 12.6. The van der Waals surface area contributed by atoms with Crippen molar-refractivity contribution in [3.05, 3.63) is 41.7 Å². The predicted molar refractivity (Wildman–Crippen MR) is 217 cm³/mol. The number of carbonyl (C=O) groups excluding carboxylic acids is 1. The molecule has 1 aliphatic rings. The van der Waals surface area contributed by atoms with Crippen LogP contribution in [0.5, 0.6) is 5.75 Å². The first-order valence-electron chi connectivity index (χ1n) is 19.1. The van der Waals surface area contributed by atoms with E-state index in [-0.39, 0.29) is 33.3 Å². The average molecular weight is 733 g/mol. The van der Waals surface area contributed by atoms with Crippen molar-refractivity contribution in [2.75, 3.05) is 7.11 Å². The lowest BCUT2D eigenvalue weighted by atomic mass is 9.69. The Morgan fingerprint density at radius 3 is 1.69 bits per heavy atom. The molecule has 282 valence electrons. The van der Waals surface area contributed by atoms with Gasteiger partial charge >= 0.3 is 5.97 Å². The van der Waals surface area contributed by atoms with Gasteiger partial charge in [0.25, 0.3) is 8.32 Å². The van der Waals surface area contributed by atoms with Gasteiger partial charge < -0.3 is 18.0 Å². The van der Waals surface area contributed by atoms with Gasteiger partial charge in [0.2, 0.25) is 8.32 Å². The van der Waals surface area contributed by atoms with Crippen molar-refractivity contribution in [1.82, 2.24) is 0 Å². The molecule has 0 N–H and O–H groups in total. The van der Waals surface area contributed by atoms with Gasteiger partial charge in [0.1, 0.15) is 11.9 Å². The number of methoxy groups -OCH3 is 1. The Kier molecular flexibility index (Phi) is 14.4. The molecule has 0 bridgehead atoms. The number of benzene rings is 1. The predicted octanol–water partition coefficient (Wildman–Crippen LogP) is 12.7. The van der Waals surface area contributed by atoms with Crippen molar-refractivity contribution in [1.29, 1.82) is 0 Å². The molecule has 0 saturated carbocycles. The summed E-state index contributed by atoms with van der Waals surface area (Å²) >= 11 is 0. The lowest BCUT2D eigenvalue weighted by Crippen LogP contribution is -2.50. The van der Waals surface area contributed by atoms with Gasteiger partial charge in [0.05, 0.1) is 12.9 Å². The fourth-order valence-electron chi connectivity index (χ4n) is 7.53. The minimum absolute atomic E-state index is 0.0284. The van der Waals surface area contributed by atoms with Crippen molar-refractivity contribution in [3.8, 4) is 5.75 Å². The Hall–Kier alpha value is -1.36. The Bertz CT molecular complexity index is 1230. The molecule has 0 fully saturated rings. The third kappa shape index (κ3) is 10.4. The molecule has 8 heteroatoms. The fourth-order valence-corrected chi connectivity index (χ4v) is 15.1. The highest BCUT2D eigenvalue weighted by atomic mass is 28.4. The van der Waals surface area contributed by atoms with E-state index in [1.165, 1.54) is 12.7 Å². The molecule has 0 amide bonds. The van der Waals surface area contributed by atoms with Crippen LogP contribution in [0.2, 0.25) is 52.9 Å². The van der Waals surface area contributed by atoms with Crippen molar-refractivity contribution >= 4 is 30.9 Å². The van der Waals surface area contributed by atoms with Gasteiger partial charge in [-0.15, -0.1) is 0 Å². The molecule has 5 nitrogen and oxygen atoms in total. The zero-order valence-corrected chi connectivity index (χ0v) is 38.2. The van der Waals surface area contributed by atoms with Gasteiger partial charge in [-0.3, -0.25) is 0 Å². The minimum Gasteiger partial charge on any atom is -0.547 e. The molecule has 0 radical (unpaired) electrons. The highest BCUT2D eigenvalue weighted by Crippen LogP contribution is 2.51. The van der Waals surface area contributed by atoms with Gasteiger partial charge in [-0.2, -0.15) is 0 Å². The first-order valence-corrected chi connectivity index (χ1v) is 27.0. The number of rotatable bonds is 16. The lowest BCUT2D eigenvalue weighted by Gasteiger charge is -2.43. The zero-order chi connectivity index (χ0) is 38.0. The highest BCUT2D eigenvalue weighted by Gasteiger charge is 2.51. The van der Waals surface area contributed by atoms with E-state index in [9.17, 15) is 4.79 Å². The summed E-state index contributed by atoms with van der Waals surface area (Å²) in [5.74, 6) is 1.86. The van der Waals surface area contributed by atoms with E-state index in [1.54, 1.807) is 0 Å². The van der Waals surface area contributed by atoms with E-state index in [0.717, 1.165) is 30.8 Å². The van der Waals surface area contributed by atoms with Crippen molar-refractivity contribution in [2.24, 2.45) is 17.3 Å². The summed E-state index contributed by atoms with van der Waals surface area (Å²) in [5.41, 5.74) is 2.89. The molecule has 3 atom stereocenters. The molecule has 0 unspecified atom stereocenters. The molecular formula is C41H76O5Si3. The van der Waals surface area contributed by atoms with Crippen molar-refractivity contribution in [2.45, 2.75) is 182 Å². The second-order valence-electron chi connectivity index (χ2n) is 19.6. The maximum atomic E-state index is 13.6. The molecule has 0 saturated heterocycles. The topological polar surface area (TPSA) is 54.0 Å². The van der Waals surface area contributed by atoms with Crippen LogP contribution in [0.4, 0.5) is 0 Å². The monoisotopic (exact) mass is 733 g/mol. The second-order valence-corrected chi connectivity index (χ2v) is 34.5. The number of ether oxygens (including phenoxy) is 1. The van der Waals surface area contributed by atoms with E-state index >= 15 is 0 Å². The Labute approximate surface area is 306 Å². The smallest absolute Gasteiger partial charge is 0.334 e. The van der Waals surface area contributed by atoms with E-state index in [2.05, 4.69) is 153 Å². The summed E-state index contributed by atoms with van der Waals surface area (Å²) in [5, 5.41) is 0.0540. The minimum atomic E-state index is -2.27. The molecule has 1 aromatic rings. The molecule has 49 heavy (non-hydrogen) atoms. The molecule has 0 aromatic heterocycles. The van der Waals surface area contributed by atoms with Crippen LogP contribution >= 0.6 is 0 Å². The Morgan fingerprint density at radius 1 is 0.776 bits per heavy atom. The summed E-state index contributed by atoms with van der Waals surface area (Å²) in [6, 6.07) is 8.89. The quantitative estimate of drug-likeness (QED) is 0.125. The van der Waals surface area contributed by atoms with Crippen molar-refractivity contribution < 1.29 is 22.8 Å². The van der Waals surface area contributed by atoms with Crippen LogP contribution in [-0.4, -0.2) is 44.1 Å². The van der Waals surface area contributed by atoms with Gasteiger partial charge in [0, 0.05) is 12.3 Å². The van der Waals surface area contributed by atoms with Crippen LogP contribution in [0.3, 0.4) is 0 Å². The number of aryl methyl sites for hydroxylation is 1. The van der Waals surface area contributed by atoms with Crippen LogP contribution in [0.15, 0.2) is 36.1 Å². The Balaban J connectivity index is 2.35. The van der Waals surface area contributed by atoms with Gasteiger partial charge in [-0.05, 0) is 107 Å². The van der Waals surface area contributed by atoms with Crippen LogP contribution in [0.1, 0.15) is 122 Å². The summed E-state index contributed by atoms with van der Waals surface area (Å²) < 4.78 is 26.3. The normalized spacial score (nSPS) is 19.0. The molecule has 1 aliphatic carbocycles. The lowest BCUT2D eigenvalue weighted by molar-refractivity contribution is -0.153. The summed E-state index contributed by atoms with van der Waals surface area (Å²) in [6.45, 7) is 41.3. The maximum Gasteiger partial charge on any atom is 0.334 e. The Morgan fingerprint density at radius 2 is 1.27 bits per heavy atom. The molecular weight excluding hydrogens is 657 g/mol. The van der Waals surface area contributed by atoms with Crippen LogP contribution in [0.25, 0.3) is 0 Å². The summed E-state index contributed by atoms with van der Waals surface area (Å²) in [7, 11) is -4.84. The number of carbonyl (C=O) groups is 1. The third-order valence-corrected chi connectivity index (χ3v) is 27.5. The second kappa shape index (κ2) is 16.1. The largest absolute Gasteiger partial charge is 0.547 e. The molecule has 2 rings (SSSR count). The average Bonchev–Trinajstić information content (AvgIpc) is 3.37. The summed E-state index contributed by atoms with van der Waals surface area (Å²) in [4.78, 5) is 13.6. The number of hydrogen-bond acceptors (Lipinski definition) is 5. The van der Waals surface area contributed by atoms with Gasteiger partial charge in [-0.25, -0.2) is 4.79 Å². The van der Waals surface area contributed by atoms with Crippen molar-refractivity contribution in [3.63, 3.8) is 0 Å². The van der Waals surface area contributed by atoms with E-state index in [1.807, 2.05) is 0 Å². The molecule has 0 aliphatic heterocycles. The standard InChI is InChI=1S/C41H76O5Si3/c1-29(2)49(30(3)4,31(5)6)45-33-24-22-32(23-25-33)21-20-26-41(13,14)36-28-34(44-47(16,17)39(7,8)9)27-35(36)37(38(42)43-15)46-48(18,19)40(10,11)12/h22-25,28-31,35-37H,20-21,26-27H2,1-19H3/t35-,36-,37-/m1/s1. The van der Waals surface area contributed by atoms with Gasteiger partial charge in [-0.1, -0.05) is 109 Å². The molecule has 1 aromatic carbocycles. The van der Waals surface area contributed by atoms with Crippen LogP contribution < -0.4 is 4.43 Å². The van der Waals surface area contributed by atoms with E-state index in [4.69, 9.17) is 18.0 Å². The maximum absolute atomic E-state index is 13.6. The fraction of sp³-hybridized carbons (Fsp3) is 0.780. The SMILES string of the molecule is COC(=O)[C@H](O[Si](C)(C)C(C)(C)C)[C@@H]1CC(O[Si](C)(C)C(C)(C)C)=C[C@H]1C(C)(C)CCCc1ccc(O[Si](C(C)C)(C(C)C)C(C)C)cc1. The van der Waals surface area contributed by atoms with Crippen LogP contribution in [0, 0.1) is 17.3 Å². The van der Waals surface area contributed by atoms with E-state index < -0.39 is 31.1 Å². The number of esters is 1. The van der Waals surface area contributed by atoms with E-state index in [0.29, 0.717) is 23.0 Å². The molecule has 0 heterocycles. The number of allylic oxidation sites excluding steroid dienone is 2. The number of hydrogen-bond donors (Lipinski definition) is 0. The van der Waals surface area contributed by atoms with Crippen LogP contribution in [-0.2, 0) is 24.8 Å². The first-order chi connectivity index (χ1) is 22.1. The van der Waals surface area contributed by atoms with Gasteiger partial charge in [0.15, 0.2) is 8.32 Å². The molecule has 0 spiro atoms. The first kappa shape index (κ1) is 43.8. The summed E-state index contributed by atoms with van der Waals surface area (Å²) in [6.07, 6.45) is 5.50. The highest BCUT2D eigenvalue weighted by molar-refractivity contribution is 6.78. The zero-order valence-electron chi connectivity index (χ0n) is 35.2.